The van der Waals surface area contributed by atoms with E-state index in [1.807, 2.05) is 54.6 Å². The largest absolute Gasteiger partial charge is 0.355 e. The van der Waals surface area contributed by atoms with Gasteiger partial charge >= 0.3 is 0 Å². The lowest BCUT2D eigenvalue weighted by atomic mass is 9.89. The number of anilines is 3. The van der Waals surface area contributed by atoms with Crippen LogP contribution in [0.3, 0.4) is 0 Å². The number of nitrogens with zero attached hydrogens (tertiary/aromatic N) is 3. The highest BCUT2D eigenvalue weighted by molar-refractivity contribution is 5.83. The minimum Gasteiger partial charge on any atom is -0.355 e. The lowest BCUT2D eigenvalue weighted by molar-refractivity contribution is -0.125. The van der Waals surface area contributed by atoms with Gasteiger partial charge in [0.1, 0.15) is 5.82 Å². The topological polar surface area (TPSA) is 94.2 Å². The Labute approximate surface area is 222 Å². The molecule has 1 amide bonds. The normalized spacial score (nSPS) is 17.4. The van der Waals surface area contributed by atoms with Gasteiger partial charge in [0, 0.05) is 26.2 Å². The fourth-order valence-corrected chi connectivity index (χ4v) is 5.17. The summed E-state index contributed by atoms with van der Waals surface area (Å²) in [7, 11) is 0. The van der Waals surface area contributed by atoms with E-state index < -0.39 is 0 Å². The molecule has 38 heavy (non-hydrogen) atoms. The number of amides is 1. The van der Waals surface area contributed by atoms with E-state index in [0.717, 1.165) is 29.2 Å². The van der Waals surface area contributed by atoms with E-state index in [2.05, 4.69) is 62.8 Å². The van der Waals surface area contributed by atoms with E-state index in [9.17, 15) is 4.79 Å². The van der Waals surface area contributed by atoms with E-state index in [-0.39, 0.29) is 17.9 Å². The first kappa shape index (κ1) is 23.9. The molecule has 0 bridgehead atoms. The number of benzene rings is 3. The predicted molar refractivity (Wildman–Crippen MR) is 149 cm³/mol. The molecule has 0 aliphatic carbocycles. The second-order valence-corrected chi connectivity index (χ2v) is 9.72. The fourth-order valence-electron chi connectivity index (χ4n) is 5.17. The Morgan fingerprint density at radius 3 is 2.24 bits per heavy atom. The summed E-state index contributed by atoms with van der Waals surface area (Å²) in [5.74, 6) is 1.87. The van der Waals surface area contributed by atoms with Crippen molar-refractivity contribution in [2.45, 2.75) is 25.6 Å². The standard InChI is InChI=1S/C30H31N7O/c38-29(31-17-16-21-10-4-1-5-11-21)24-20-37(19-23-14-8-3-9-15-23)28-25-26(24)35-36-27(25)33-30(34-28)32-18-22-12-6-2-7-13-22/h1-15,24,26,35H,16-20H2,(H,31,38)(H2,32,33,34,36). The van der Waals surface area contributed by atoms with Gasteiger partial charge in [-0.1, -0.05) is 91.0 Å². The summed E-state index contributed by atoms with van der Waals surface area (Å²) in [4.78, 5) is 25.3. The molecule has 0 spiro atoms. The van der Waals surface area contributed by atoms with Crippen LogP contribution in [0.2, 0.25) is 0 Å². The van der Waals surface area contributed by atoms with Gasteiger partial charge in [0.25, 0.3) is 0 Å². The molecule has 2 aliphatic rings. The van der Waals surface area contributed by atoms with Gasteiger partial charge in [-0.25, -0.2) is 5.43 Å². The van der Waals surface area contributed by atoms with Crippen LogP contribution in [-0.4, -0.2) is 29.0 Å². The summed E-state index contributed by atoms with van der Waals surface area (Å²) in [6.45, 7) is 2.42. The molecule has 0 saturated carbocycles. The van der Waals surface area contributed by atoms with Crippen molar-refractivity contribution in [1.82, 2.24) is 20.7 Å². The van der Waals surface area contributed by atoms with E-state index in [1.54, 1.807) is 0 Å². The van der Waals surface area contributed by atoms with E-state index in [0.29, 0.717) is 32.1 Å². The van der Waals surface area contributed by atoms with Crippen LogP contribution in [0.5, 0.6) is 0 Å². The van der Waals surface area contributed by atoms with Gasteiger partial charge in [0.15, 0.2) is 5.82 Å². The van der Waals surface area contributed by atoms with Gasteiger partial charge in [-0.2, -0.15) is 9.97 Å². The lowest BCUT2D eigenvalue weighted by Crippen LogP contribution is -2.48. The first-order valence-corrected chi connectivity index (χ1v) is 13.1. The third-order valence-electron chi connectivity index (χ3n) is 7.10. The molecule has 3 heterocycles. The second-order valence-electron chi connectivity index (χ2n) is 9.72. The van der Waals surface area contributed by atoms with Crippen molar-refractivity contribution in [3.8, 4) is 0 Å². The van der Waals surface area contributed by atoms with Crippen LogP contribution in [0, 0.1) is 5.92 Å². The zero-order valence-electron chi connectivity index (χ0n) is 21.1. The highest BCUT2D eigenvalue weighted by atomic mass is 16.2. The second kappa shape index (κ2) is 10.9. The third kappa shape index (κ3) is 5.17. The van der Waals surface area contributed by atoms with Crippen molar-refractivity contribution in [2.24, 2.45) is 5.92 Å². The van der Waals surface area contributed by atoms with Gasteiger partial charge in [0.05, 0.1) is 17.5 Å². The monoisotopic (exact) mass is 505 g/mol. The first-order chi connectivity index (χ1) is 18.7. The van der Waals surface area contributed by atoms with Gasteiger partial charge in [-0.3, -0.25) is 4.79 Å². The Kier molecular flexibility index (Phi) is 6.87. The molecule has 3 aromatic carbocycles. The number of nitrogens with one attached hydrogen (secondary N) is 4. The smallest absolute Gasteiger partial charge is 0.226 e. The molecule has 6 rings (SSSR count). The average molecular weight is 506 g/mol. The molecule has 192 valence electrons. The number of carbonyl (C=O) groups excluding carboxylic acids is 1. The van der Waals surface area contributed by atoms with Crippen LogP contribution >= 0.6 is 0 Å². The Morgan fingerprint density at radius 1 is 0.868 bits per heavy atom. The molecule has 1 aromatic heterocycles. The van der Waals surface area contributed by atoms with Crippen molar-refractivity contribution in [3.63, 3.8) is 0 Å². The molecule has 4 N–H and O–H groups in total. The van der Waals surface area contributed by atoms with Crippen LogP contribution in [-0.2, 0) is 24.3 Å². The van der Waals surface area contributed by atoms with Gasteiger partial charge in [-0.05, 0) is 23.1 Å². The van der Waals surface area contributed by atoms with Crippen LogP contribution in [0.25, 0.3) is 0 Å². The molecule has 8 nitrogen and oxygen atoms in total. The van der Waals surface area contributed by atoms with Crippen molar-refractivity contribution < 1.29 is 4.79 Å². The SMILES string of the molecule is O=C(NCCc1ccccc1)C1CN(Cc2ccccc2)c2nc(NCc3ccccc3)nc3c2C1NN3. The number of hydrogen-bond acceptors (Lipinski definition) is 7. The predicted octanol–water partition coefficient (Wildman–Crippen LogP) is 4.06. The molecule has 0 radical (unpaired) electrons. The highest BCUT2D eigenvalue weighted by Gasteiger charge is 2.44. The molecular weight excluding hydrogens is 474 g/mol. The summed E-state index contributed by atoms with van der Waals surface area (Å²) < 4.78 is 0. The molecular formula is C30H31N7O. The number of aromatic nitrogens is 2. The Morgan fingerprint density at radius 2 is 1.53 bits per heavy atom. The third-order valence-corrected chi connectivity index (χ3v) is 7.10. The van der Waals surface area contributed by atoms with E-state index in [1.165, 1.54) is 11.1 Å². The van der Waals surface area contributed by atoms with Crippen molar-refractivity contribution >= 4 is 23.5 Å². The summed E-state index contributed by atoms with van der Waals surface area (Å²) in [5.41, 5.74) is 11.0. The maximum atomic E-state index is 13.5. The van der Waals surface area contributed by atoms with Crippen molar-refractivity contribution in [2.75, 3.05) is 28.7 Å². The fraction of sp³-hybridized carbons (Fsp3) is 0.233. The Bertz CT molecular complexity index is 1380. The minimum absolute atomic E-state index is 0.0306. The Hall–Kier alpha value is -4.43. The number of hydrogen-bond donors (Lipinski definition) is 4. The molecule has 0 saturated heterocycles. The molecule has 4 aromatic rings. The van der Waals surface area contributed by atoms with E-state index >= 15 is 0 Å². The quantitative estimate of drug-likeness (QED) is 0.273. The lowest BCUT2D eigenvalue weighted by Gasteiger charge is -2.37. The first-order valence-electron chi connectivity index (χ1n) is 13.1. The number of rotatable bonds is 9. The maximum absolute atomic E-state index is 13.5. The highest BCUT2D eigenvalue weighted by Crippen LogP contribution is 2.44. The average Bonchev–Trinajstić information content (AvgIpc) is 3.39. The maximum Gasteiger partial charge on any atom is 0.226 e. The van der Waals surface area contributed by atoms with Gasteiger partial charge in [-0.15, -0.1) is 0 Å². The minimum atomic E-state index is -0.289. The van der Waals surface area contributed by atoms with Crippen molar-refractivity contribution in [1.29, 1.82) is 0 Å². The van der Waals surface area contributed by atoms with Crippen molar-refractivity contribution in [3.05, 3.63) is 113 Å². The zero-order chi connectivity index (χ0) is 25.7. The zero-order valence-corrected chi connectivity index (χ0v) is 21.1. The molecule has 8 heteroatoms. The molecule has 2 atom stereocenters. The van der Waals surface area contributed by atoms with Crippen LogP contribution in [0.1, 0.15) is 28.3 Å². The summed E-state index contributed by atoms with van der Waals surface area (Å²) in [6.07, 6.45) is 0.796. The van der Waals surface area contributed by atoms with Crippen LogP contribution in [0.15, 0.2) is 91.0 Å². The molecule has 2 aliphatic heterocycles. The summed E-state index contributed by atoms with van der Waals surface area (Å²) in [5, 5.41) is 6.54. The van der Waals surface area contributed by atoms with Gasteiger partial charge in [0.2, 0.25) is 11.9 Å². The number of carbonyl (C=O) groups is 1. The van der Waals surface area contributed by atoms with Crippen LogP contribution in [0.4, 0.5) is 17.6 Å². The molecule has 2 unspecified atom stereocenters. The molecule has 0 fully saturated rings. The van der Waals surface area contributed by atoms with Gasteiger partial charge < -0.3 is 21.0 Å². The number of hydrazine groups is 1. The van der Waals surface area contributed by atoms with Crippen LogP contribution < -0.4 is 26.4 Å². The summed E-state index contributed by atoms with van der Waals surface area (Å²) in [6, 6.07) is 30.5. The summed E-state index contributed by atoms with van der Waals surface area (Å²) >= 11 is 0. The Balaban J connectivity index is 1.24. The van der Waals surface area contributed by atoms with E-state index in [4.69, 9.17) is 9.97 Å².